The monoisotopic (exact) mass is 387 g/mol. The molecule has 3 heterocycles. The normalized spacial score (nSPS) is 20.2. The third-order valence-corrected chi connectivity index (χ3v) is 4.19. The molecule has 0 amide bonds. The Morgan fingerprint density at radius 2 is 1.81 bits per heavy atom. The van der Waals surface area contributed by atoms with Crippen LogP contribution < -0.4 is 10.4 Å². The maximum absolute atomic E-state index is 13.5. The first kappa shape index (κ1) is 17.4. The van der Waals surface area contributed by atoms with E-state index in [1.807, 2.05) is 0 Å². The molecule has 0 bridgehead atoms. The zero-order valence-corrected chi connectivity index (χ0v) is 13.6. The number of rotatable bonds is 2. The van der Waals surface area contributed by atoms with E-state index < -0.39 is 29.8 Å². The standard InChI is InChI=1S/C16H11F6N5/c1-7-4-11-13(25-14(24-11)15(18,19)16(20,21)22)26-27(7)12-5-8-2-3-9(17)6-10(8)23-12/h2-7,23H,1H3,(H,24,25,26). The predicted octanol–water partition coefficient (Wildman–Crippen LogP) is 3.91. The van der Waals surface area contributed by atoms with Gasteiger partial charge in [-0.05, 0) is 37.3 Å². The summed E-state index contributed by atoms with van der Waals surface area (Å²) in [6.07, 6.45) is -4.39. The van der Waals surface area contributed by atoms with E-state index in [0.717, 1.165) is 0 Å². The topological polar surface area (TPSA) is 55.8 Å². The van der Waals surface area contributed by atoms with Crippen LogP contribution in [0.2, 0.25) is 0 Å². The quantitative estimate of drug-likeness (QED) is 0.768. The molecule has 0 saturated heterocycles. The van der Waals surface area contributed by atoms with Gasteiger partial charge in [0, 0.05) is 10.9 Å². The smallest absolute Gasteiger partial charge is 0.340 e. The number of benzene rings is 1. The number of aromatic amines is 1. The summed E-state index contributed by atoms with van der Waals surface area (Å²) >= 11 is 0. The highest BCUT2D eigenvalue weighted by Gasteiger charge is 2.62. The van der Waals surface area contributed by atoms with Crippen LogP contribution in [0.3, 0.4) is 0 Å². The summed E-state index contributed by atoms with van der Waals surface area (Å²) in [5.41, 5.74) is 3.09. The van der Waals surface area contributed by atoms with Crippen molar-refractivity contribution < 1.29 is 26.3 Å². The van der Waals surface area contributed by atoms with Crippen molar-refractivity contribution in [3.63, 3.8) is 0 Å². The van der Waals surface area contributed by atoms with Crippen LogP contribution in [0.1, 0.15) is 6.92 Å². The number of nitrogens with one attached hydrogen (secondary N) is 2. The second-order valence-corrected chi connectivity index (χ2v) is 6.13. The fraction of sp³-hybridized carbons (Fsp3) is 0.250. The zero-order valence-electron chi connectivity index (χ0n) is 13.6. The molecule has 1 unspecified atom stereocenters. The van der Waals surface area contributed by atoms with Crippen LogP contribution in [0, 0.1) is 5.82 Å². The van der Waals surface area contributed by atoms with Gasteiger partial charge in [-0.1, -0.05) is 0 Å². The van der Waals surface area contributed by atoms with Crippen LogP contribution in [-0.4, -0.2) is 34.8 Å². The zero-order chi connectivity index (χ0) is 19.6. The van der Waals surface area contributed by atoms with E-state index in [0.29, 0.717) is 16.7 Å². The number of hydrogen-bond acceptors (Lipinski definition) is 4. The van der Waals surface area contributed by atoms with Crippen LogP contribution in [-0.2, 0) is 0 Å². The average molecular weight is 387 g/mol. The Labute approximate surface area is 148 Å². The molecule has 142 valence electrons. The van der Waals surface area contributed by atoms with Gasteiger partial charge < -0.3 is 4.98 Å². The number of fused-ring (bicyclic) bond motifs is 2. The average Bonchev–Trinajstić information content (AvgIpc) is 3.15. The van der Waals surface area contributed by atoms with Crippen molar-refractivity contribution in [2.75, 3.05) is 5.01 Å². The SMILES string of the molecule is CC1C=C2N=C(C(F)(F)C(F)(F)F)N=C2NN1c1cc2ccc(F)cc2[nH]1. The molecule has 1 aromatic heterocycles. The molecule has 1 atom stereocenters. The molecular formula is C16H11F6N5. The number of aromatic nitrogens is 1. The van der Waals surface area contributed by atoms with Gasteiger partial charge in [-0.25, -0.2) is 14.4 Å². The van der Waals surface area contributed by atoms with Crippen LogP contribution in [0.5, 0.6) is 0 Å². The maximum atomic E-state index is 13.5. The van der Waals surface area contributed by atoms with Gasteiger partial charge in [0.15, 0.2) is 5.84 Å². The Kier molecular flexibility index (Phi) is 3.56. The molecule has 2 aliphatic heterocycles. The van der Waals surface area contributed by atoms with E-state index in [1.165, 1.54) is 23.2 Å². The molecule has 0 aliphatic carbocycles. The molecule has 11 heteroatoms. The molecule has 2 aromatic rings. The first-order valence-corrected chi connectivity index (χ1v) is 7.75. The first-order valence-electron chi connectivity index (χ1n) is 7.75. The summed E-state index contributed by atoms with van der Waals surface area (Å²) < 4.78 is 78.0. The molecule has 0 fully saturated rings. The van der Waals surface area contributed by atoms with Crippen LogP contribution in [0.25, 0.3) is 10.9 Å². The largest absolute Gasteiger partial charge is 0.461 e. The first-order chi connectivity index (χ1) is 12.6. The Bertz CT molecular complexity index is 1020. The van der Waals surface area contributed by atoms with Crippen molar-refractivity contribution in [3.8, 4) is 0 Å². The highest BCUT2D eigenvalue weighted by Crippen LogP contribution is 2.39. The lowest BCUT2D eigenvalue weighted by Gasteiger charge is -2.32. The van der Waals surface area contributed by atoms with Gasteiger partial charge in [0.05, 0.1) is 6.04 Å². The molecular weight excluding hydrogens is 376 g/mol. The van der Waals surface area contributed by atoms with Crippen molar-refractivity contribution >= 4 is 28.4 Å². The van der Waals surface area contributed by atoms with E-state index in [9.17, 15) is 26.3 Å². The number of anilines is 1. The lowest BCUT2D eigenvalue weighted by atomic mass is 10.2. The second kappa shape index (κ2) is 5.51. The van der Waals surface area contributed by atoms with E-state index in [4.69, 9.17) is 0 Å². The van der Waals surface area contributed by atoms with Gasteiger partial charge in [-0.3, -0.25) is 10.4 Å². The minimum atomic E-state index is -5.80. The van der Waals surface area contributed by atoms with Gasteiger partial charge >= 0.3 is 12.1 Å². The number of alkyl halides is 5. The van der Waals surface area contributed by atoms with Crippen molar-refractivity contribution in [1.29, 1.82) is 0 Å². The van der Waals surface area contributed by atoms with Gasteiger partial charge in [-0.15, -0.1) is 0 Å². The molecule has 1 aromatic carbocycles. The van der Waals surface area contributed by atoms with Crippen LogP contribution in [0.4, 0.5) is 32.2 Å². The number of halogens is 6. The second-order valence-electron chi connectivity index (χ2n) is 6.13. The Balaban J connectivity index is 1.67. The van der Waals surface area contributed by atoms with E-state index in [-0.39, 0.29) is 11.5 Å². The summed E-state index contributed by atoms with van der Waals surface area (Å²) in [7, 11) is 0. The van der Waals surface area contributed by atoms with Gasteiger partial charge in [0.2, 0.25) is 5.84 Å². The number of amidine groups is 2. The Morgan fingerprint density at radius 3 is 2.52 bits per heavy atom. The summed E-state index contributed by atoms with van der Waals surface area (Å²) in [5, 5.41) is 2.17. The third-order valence-electron chi connectivity index (χ3n) is 4.19. The maximum Gasteiger partial charge on any atom is 0.461 e. The van der Waals surface area contributed by atoms with E-state index >= 15 is 0 Å². The number of hydrazine groups is 1. The van der Waals surface area contributed by atoms with Crippen molar-refractivity contribution in [2.24, 2.45) is 9.98 Å². The molecule has 2 N–H and O–H groups in total. The van der Waals surface area contributed by atoms with Crippen LogP contribution >= 0.6 is 0 Å². The predicted molar refractivity (Wildman–Crippen MR) is 87.3 cm³/mol. The Morgan fingerprint density at radius 1 is 1.07 bits per heavy atom. The van der Waals surface area contributed by atoms with E-state index in [2.05, 4.69) is 20.4 Å². The highest BCUT2D eigenvalue weighted by atomic mass is 19.4. The van der Waals surface area contributed by atoms with Crippen molar-refractivity contribution in [2.45, 2.75) is 25.1 Å². The lowest BCUT2D eigenvalue weighted by Crippen LogP contribution is -2.50. The van der Waals surface area contributed by atoms with Gasteiger partial charge in [0.1, 0.15) is 17.3 Å². The van der Waals surface area contributed by atoms with Gasteiger partial charge in [0.25, 0.3) is 0 Å². The summed E-state index contributed by atoms with van der Waals surface area (Å²) in [6, 6.07) is 5.34. The molecule has 0 spiro atoms. The van der Waals surface area contributed by atoms with Crippen LogP contribution in [0.15, 0.2) is 46.0 Å². The number of H-pyrrole nitrogens is 1. The number of hydrogen-bond donors (Lipinski definition) is 2. The minimum absolute atomic E-state index is 0.0974. The molecule has 4 rings (SSSR count). The van der Waals surface area contributed by atoms with Gasteiger partial charge in [-0.2, -0.15) is 22.0 Å². The lowest BCUT2D eigenvalue weighted by molar-refractivity contribution is -0.249. The summed E-state index contributed by atoms with van der Waals surface area (Å²) in [6.45, 7) is 1.68. The number of nitrogens with zero attached hydrogens (tertiary/aromatic N) is 3. The molecule has 2 aliphatic rings. The fourth-order valence-corrected chi connectivity index (χ4v) is 2.83. The van der Waals surface area contributed by atoms with E-state index in [1.54, 1.807) is 19.1 Å². The Hall–Kier alpha value is -2.98. The van der Waals surface area contributed by atoms with Crippen molar-refractivity contribution in [3.05, 3.63) is 41.9 Å². The fourth-order valence-electron chi connectivity index (χ4n) is 2.83. The molecule has 5 nitrogen and oxygen atoms in total. The summed E-state index contributed by atoms with van der Waals surface area (Å²) in [4.78, 5) is 9.62. The summed E-state index contributed by atoms with van der Waals surface area (Å²) in [5.74, 6) is -6.98. The molecule has 0 radical (unpaired) electrons. The molecule has 0 saturated carbocycles. The van der Waals surface area contributed by atoms with Crippen molar-refractivity contribution in [1.82, 2.24) is 10.4 Å². The minimum Gasteiger partial charge on any atom is -0.340 e. The third kappa shape index (κ3) is 2.73. The number of aliphatic imine (C=N–C) groups is 2. The highest BCUT2D eigenvalue weighted by molar-refractivity contribution is 6.15. The molecule has 27 heavy (non-hydrogen) atoms.